The molecule has 1 aromatic carbocycles. The summed E-state index contributed by atoms with van der Waals surface area (Å²) in [6, 6.07) is 10.2. The van der Waals surface area contributed by atoms with Gasteiger partial charge in [0.1, 0.15) is 23.7 Å². The summed E-state index contributed by atoms with van der Waals surface area (Å²) in [6.45, 7) is 5.71. The van der Waals surface area contributed by atoms with E-state index in [4.69, 9.17) is 14.7 Å². The molecule has 0 unspecified atom stereocenters. The standard InChI is InChI=1S/C29H35N7O2/c1-19(36-11-10-28(15-36)8-9-28)23-13-24(33-26(32-23)20-6-7-20)27(37)31-22-5-3-4-21(12-22)29(16-38-17-29)14-25-34-30-18-35(25)2/h3-5,12-13,18-20H,6-11,14-17H2,1-2H3,(H,31,37)/t19-/m0/s1. The Bertz CT molecular complexity index is 1370. The molecule has 9 nitrogen and oxygen atoms in total. The second-order valence-corrected chi connectivity index (χ2v) is 12.0. The van der Waals surface area contributed by atoms with E-state index in [-0.39, 0.29) is 17.4 Å². The van der Waals surface area contributed by atoms with Crippen LogP contribution in [0.4, 0.5) is 5.69 Å². The molecule has 0 radical (unpaired) electrons. The summed E-state index contributed by atoms with van der Waals surface area (Å²) < 4.78 is 7.59. The number of carbonyl (C=O) groups excluding carboxylic acids is 1. The fraction of sp³-hybridized carbons (Fsp3) is 0.552. The average Bonchev–Trinajstić information content (AvgIpc) is 3.80. The lowest BCUT2D eigenvalue weighted by Crippen LogP contribution is -2.49. The van der Waals surface area contributed by atoms with E-state index >= 15 is 0 Å². The number of aryl methyl sites for hydroxylation is 1. The number of nitrogens with one attached hydrogen (secondary N) is 1. The highest BCUT2D eigenvalue weighted by atomic mass is 16.5. The van der Waals surface area contributed by atoms with Crippen LogP contribution >= 0.6 is 0 Å². The SMILES string of the molecule is C[C@@H](c1cc(C(=O)Nc2cccc(C3(Cc4nncn4C)COC3)c2)nc(C2CC2)n1)N1CCC2(CC2)C1. The molecule has 1 spiro atoms. The number of amides is 1. The highest BCUT2D eigenvalue weighted by Gasteiger charge is 2.48. The van der Waals surface area contributed by atoms with Gasteiger partial charge in [-0.1, -0.05) is 12.1 Å². The van der Waals surface area contributed by atoms with E-state index in [2.05, 4.69) is 39.5 Å². The van der Waals surface area contributed by atoms with Crippen LogP contribution in [0.5, 0.6) is 0 Å². The van der Waals surface area contributed by atoms with Gasteiger partial charge in [0, 0.05) is 43.1 Å². The maximum Gasteiger partial charge on any atom is 0.274 e. The Morgan fingerprint density at radius 2 is 2.03 bits per heavy atom. The van der Waals surface area contributed by atoms with Crippen LogP contribution in [0.1, 0.15) is 84.4 Å². The Morgan fingerprint density at radius 3 is 2.68 bits per heavy atom. The van der Waals surface area contributed by atoms with Gasteiger partial charge in [0.05, 0.1) is 18.9 Å². The van der Waals surface area contributed by atoms with E-state index in [9.17, 15) is 4.79 Å². The maximum atomic E-state index is 13.5. The van der Waals surface area contributed by atoms with E-state index in [0.717, 1.165) is 60.9 Å². The highest BCUT2D eigenvalue weighted by Crippen LogP contribution is 2.54. The second kappa shape index (κ2) is 8.95. The van der Waals surface area contributed by atoms with E-state index in [1.807, 2.05) is 29.8 Å². The molecule has 1 atom stereocenters. The van der Waals surface area contributed by atoms with Crippen LogP contribution in [-0.2, 0) is 23.6 Å². The zero-order valence-electron chi connectivity index (χ0n) is 22.2. The molecule has 198 valence electrons. The number of rotatable bonds is 8. The van der Waals surface area contributed by atoms with Crippen LogP contribution in [0.15, 0.2) is 36.7 Å². The molecule has 4 aliphatic rings. The number of benzene rings is 1. The third-order valence-electron chi connectivity index (χ3n) is 9.13. The molecule has 9 heteroatoms. The van der Waals surface area contributed by atoms with Crippen LogP contribution < -0.4 is 5.32 Å². The van der Waals surface area contributed by atoms with Gasteiger partial charge in [0.15, 0.2) is 0 Å². The quantitative estimate of drug-likeness (QED) is 0.489. The third-order valence-corrected chi connectivity index (χ3v) is 9.13. The van der Waals surface area contributed by atoms with E-state index in [0.29, 0.717) is 30.2 Å². The van der Waals surface area contributed by atoms with Crippen molar-refractivity contribution in [2.45, 2.75) is 62.8 Å². The molecule has 4 heterocycles. The first-order valence-corrected chi connectivity index (χ1v) is 13.9. The zero-order chi connectivity index (χ0) is 25.9. The minimum atomic E-state index is -0.188. The van der Waals surface area contributed by atoms with Gasteiger partial charge in [0.25, 0.3) is 5.91 Å². The number of nitrogens with zero attached hydrogens (tertiary/aromatic N) is 6. The summed E-state index contributed by atoms with van der Waals surface area (Å²) in [7, 11) is 1.96. The lowest BCUT2D eigenvalue weighted by Gasteiger charge is -2.41. The summed E-state index contributed by atoms with van der Waals surface area (Å²) in [4.78, 5) is 25.7. The van der Waals surface area contributed by atoms with Gasteiger partial charge in [0.2, 0.25) is 0 Å². The molecule has 2 aliphatic carbocycles. The molecule has 2 saturated heterocycles. The van der Waals surface area contributed by atoms with Crippen molar-refractivity contribution in [2.75, 3.05) is 31.6 Å². The van der Waals surface area contributed by atoms with Crippen molar-refractivity contribution in [1.82, 2.24) is 29.6 Å². The molecular formula is C29H35N7O2. The zero-order valence-corrected chi connectivity index (χ0v) is 22.2. The number of carbonyl (C=O) groups is 1. The predicted octanol–water partition coefficient (Wildman–Crippen LogP) is 3.79. The van der Waals surface area contributed by atoms with Crippen molar-refractivity contribution in [2.24, 2.45) is 12.5 Å². The second-order valence-electron chi connectivity index (χ2n) is 12.0. The van der Waals surface area contributed by atoms with Crippen LogP contribution in [0.2, 0.25) is 0 Å². The Kier molecular flexibility index (Phi) is 5.63. The smallest absolute Gasteiger partial charge is 0.274 e. The van der Waals surface area contributed by atoms with Crippen LogP contribution in [0.3, 0.4) is 0 Å². The molecule has 0 bridgehead atoms. The Balaban J connectivity index is 1.12. The van der Waals surface area contributed by atoms with Crippen LogP contribution in [0, 0.1) is 5.41 Å². The van der Waals surface area contributed by atoms with Gasteiger partial charge >= 0.3 is 0 Å². The predicted molar refractivity (Wildman–Crippen MR) is 142 cm³/mol. The molecule has 2 aliphatic heterocycles. The molecule has 1 amide bonds. The van der Waals surface area contributed by atoms with Crippen molar-refractivity contribution >= 4 is 11.6 Å². The average molecular weight is 514 g/mol. The van der Waals surface area contributed by atoms with E-state index in [1.54, 1.807) is 6.33 Å². The van der Waals surface area contributed by atoms with Crippen molar-refractivity contribution < 1.29 is 9.53 Å². The van der Waals surface area contributed by atoms with Crippen molar-refractivity contribution in [3.05, 3.63) is 65.3 Å². The largest absolute Gasteiger partial charge is 0.379 e. The number of anilines is 1. The fourth-order valence-electron chi connectivity index (χ4n) is 6.02. The minimum absolute atomic E-state index is 0.174. The first-order chi connectivity index (χ1) is 18.4. The first-order valence-electron chi connectivity index (χ1n) is 13.9. The molecule has 1 N–H and O–H groups in total. The van der Waals surface area contributed by atoms with Crippen molar-refractivity contribution in [3.63, 3.8) is 0 Å². The number of hydrogen-bond donors (Lipinski definition) is 1. The molecule has 3 aromatic rings. The summed E-state index contributed by atoms with van der Waals surface area (Å²) in [5.41, 5.74) is 3.69. The van der Waals surface area contributed by atoms with Crippen LogP contribution in [0.25, 0.3) is 0 Å². The molecule has 2 saturated carbocycles. The molecule has 7 rings (SSSR count). The van der Waals surface area contributed by atoms with Crippen LogP contribution in [-0.4, -0.2) is 61.8 Å². The van der Waals surface area contributed by atoms with Crippen molar-refractivity contribution in [3.8, 4) is 0 Å². The molecule has 4 fully saturated rings. The first kappa shape index (κ1) is 23.9. The Morgan fingerprint density at radius 1 is 1.18 bits per heavy atom. The molecule has 2 aromatic heterocycles. The summed E-state index contributed by atoms with van der Waals surface area (Å²) >= 11 is 0. The number of aromatic nitrogens is 5. The third kappa shape index (κ3) is 4.41. The highest BCUT2D eigenvalue weighted by molar-refractivity contribution is 6.03. The topological polar surface area (TPSA) is 98.1 Å². The summed E-state index contributed by atoms with van der Waals surface area (Å²) in [5, 5.41) is 11.4. The normalized spacial score (nSPS) is 22.3. The molecule has 38 heavy (non-hydrogen) atoms. The van der Waals surface area contributed by atoms with Gasteiger partial charge in [-0.3, -0.25) is 9.69 Å². The number of likely N-dealkylation sites (tertiary alicyclic amines) is 1. The lowest BCUT2D eigenvalue weighted by molar-refractivity contribution is -0.0610. The van der Waals surface area contributed by atoms with Crippen molar-refractivity contribution in [1.29, 1.82) is 0 Å². The summed E-state index contributed by atoms with van der Waals surface area (Å²) in [5.74, 6) is 1.93. The number of ether oxygens (including phenoxy) is 1. The van der Waals surface area contributed by atoms with Gasteiger partial charge in [-0.05, 0) is 74.8 Å². The Hall–Kier alpha value is -3.17. The lowest BCUT2D eigenvalue weighted by atomic mass is 9.75. The van der Waals surface area contributed by atoms with E-state index in [1.165, 1.54) is 19.3 Å². The fourth-order valence-corrected chi connectivity index (χ4v) is 6.02. The summed E-state index contributed by atoms with van der Waals surface area (Å²) in [6.07, 6.45) is 8.64. The van der Waals surface area contributed by atoms with Gasteiger partial charge < -0.3 is 14.6 Å². The Labute approximate surface area is 223 Å². The monoisotopic (exact) mass is 513 g/mol. The van der Waals surface area contributed by atoms with Gasteiger partial charge in [-0.15, -0.1) is 10.2 Å². The maximum absolute atomic E-state index is 13.5. The molecular weight excluding hydrogens is 478 g/mol. The van der Waals surface area contributed by atoms with Gasteiger partial charge in [-0.2, -0.15) is 0 Å². The number of hydrogen-bond acceptors (Lipinski definition) is 7. The van der Waals surface area contributed by atoms with E-state index < -0.39 is 0 Å². The minimum Gasteiger partial charge on any atom is -0.379 e. The van der Waals surface area contributed by atoms with Gasteiger partial charge in [-0.25, -0.2) is 9.97 Å².